The summed E-state index contributed by atoms with van der Waals surface area (Å²) in [6.45, 7) is 0. The molecule has 2 aliphatic carbocycles. The Labute approximate surface area is 173 Å². The second-order valence-corrected chi connectivity index (χ2v) is 7.84. The van der Waals surface area contributed by atoms with Gasteiger partial charge in [-0.1, -0.05) is 6.07 Å². The summed E-state index contributed by atoms with van der Waals surface area (Å²) in [6, 6.07) is 4.88. The van der Waals surface area contributed by atoms with Gasteiger partial charge in [0.1, 0.15) is 5.82 Å². The predicted octanol–water partition coefficient (Wildman–Crippen LogP) is 4.26. The van der Waals surface area contributed by atoms with Gasteiger partial charge >= 0.3 is 0 Å². The van der Waals surface area contributed by atoms with Crippen LogP contribution in [0.5, 0.6) is 0 Å². The van der Waals surface area contributed by atoms with E-state index < -0.39 is 17.6 Å². The molecule has 2 saturated carbocycles. The van der Waals surface area contributed by atoms with Crippen molar-refractivity contribution < 1.29 is 18.0 Å². The highest BCUT2D eigenvalue weighted by molar-refractivity contribution is 6.04. The molecule has 0 radical (unpaired) electrons. The summed E-state index contributed by atoms with van der Waals surface area (Å²) in [5, 5.41) is 10.1. The van der Waals surface area contributed by atoms with Crippen LogP contribution in [0.4, 0.5) is 18.9 Å². The van der Waals surface area contributed by atoms with E-state index in [1.165, 1.54) is 12.3 Å². The molecule has 4 rings (SSSR count). The van der Waals surface area contributed by atoms with Gasteiger partial charge in [0.25, 0.3) is 5.91 Å². The van der Waals surface area contributed by atoms with Gasteiger partial charge in [0, 0.05) is 44.1 Å². The summed E-state index contributed by atoms with van der Waals surface area (Å²) in [5.74, 6) is -3.46. The first-order chi connectivity index (χ1) is 13.3. The van der Waals surface area contributed by atoms with Crippen LogP contribution in [0.2, 0.25) is 0 Å². The number of alkyl halides is 2. The first kappa shape index (κ1) is 21.6. The van der Waals surface area contributed by atoms with E-state index in [2.05, 4.69) is 15.7 Å². The van der Waals surface area contributed by atoms with Gasteiger partial charge < -0.3 is 10.6 Å². The Hall–Kier alpha value is -2.06. The summed E-state index contributed by atoms with van der Waals surface area (Å²) in [4.78, 5) is 12.4. The molecule has 0 bridgehead atoms. The topological polar surface area (TPSA) is 59.0 Å². The molecule has 0 saturated heterocycles. The highest BCUT2D eigenvalue weighted by atomic mass is 35.5. The van der Waals surface area contributed by atoms with E-state index in [4.69, 9.17) is 0 Å². The molecule has 1 aromatic carbocycles. The molecule has 2 fully saturated rings. The molecule has 1 amide bonds. The van der Waals surface area contributed by atoms with Gasteiger partial charge in [-0.15, -0.1) is 12.4 Å². The molecule has 2 atom stereocenters. The third kappa shape index (κ3) is 5.11. The van der Waals surface area contributed by atoms with Gasteiger partial charge in [-0.2, -0.15) is 5.10 Å². The SMILES string of the molecule is Cl.Cn1cc(NC(=O)c2cc(C3CC3NC3CCC(F)(F)CC3)ccc2F)cn1. The number of nitrogens with zero attached hydrogens (tertiary/aromatic N) is 2. The highest BCUT2D eigenvalue weighted by Gasteiger charge is 2.42. The second kappa shape index (κ2) is 8.36. The van der Waals surface area contributed by atoms with Crippen molar-refractivity contribution in [2.75, 3.05) is 5.32 Å². The molecule has 2 N–H and O–H groups in total. The van der Waals surface area contributed by atoms with Crippen LogP contribution < -0.4 is 10.6 Å². The van der Waals surface area contributed by atoms with E-state index in [0.29, 0.717) is 18.5 Å². The van der Waals surface area contributed by atoms with E-state index in [9.17, 15) is 18.0 Å². The standard InChI is InChI=1S/C20H23F3N4O.ClH/c1-27-11-14(10-24-27)26-19(28)16-8-12(2-3-17(16)21)15-9-18(15)25-13-4-6-20(22,23)7-5-13;/h2-3,8,10-11,13,15,18,25H,4-7,9H2,1H3,(H,26,28);1H. The van der Waals surface area contributed by atoms with Crippen LogP contribution in [0, 0.1) is 5.82 Å². The molecular formula is C20H24ClF3N4O. The van der Waals surface area contributed by atoms with Crippen LogP contribution >= 0.6 is 12.4 Å². The van der Waals surface area contributed by atoms with Crippen LogP contribution in [0.1, 0.15) is 53.9 Å². The molecule has 2 aliphatic rings. The Bertz CT molecular complexity index is 878. The maximum absolute atomic E-state index is 14.2. The Kier molecular flexibility index (Phi) is 6.24. The van der Waals surface area contributed by atoms with Crippen LogP contribution in [-0.4, -0.2) is 33.7 Å². The number of aromatic nitrogens is 2. The summed E-state index contributed by atoms with van der Waals surface area (Å²) < 4.78 is 42.3. The number of hydrogen-bond acceptors (Lipinski definition) is 3. The third-order valence-electron chi connectivity index (χ3n) is 5.58. The summed E-state index contributed by atoms with van der Waals surface area (Å²) in [7, 11) is 1.73. The van der Waals surface area contributed by atoms with Crippen molar-refractivity contribution >= 4 is 24.0 Å². The van der Waals surface area contributed by atoms with Crippen LogP contribution in [0.3, 0.4) is 0 Å². The van der Waals surface area contributed by atoms with Gasteiger partial charge in [-0.3, -0.25) is 9.48 Å². The zero-order valence-electron chi connectivity index (χ0n) is 16.0. The van der Waals surface area contributed by atoms with Gasteiger partial charge in [0.05, 0.1) is 17.4 Å². The minimum atomic E-state index is -2.53. The lowest BCUT2D eigenvalue weighted by molar-refractivity contribution is -0.0405. The molecular weight excluding hydrogens is 405 g/mol. The first-order valence-electron chi connectivity index (χ1n) is 9.54. The Morgan fingerprint density at radius 2 is 2.00 bits per heavy atom. The van der Waals surface area contributed by atoms with Gasteiger partial charge in [0.15, 0.2) is 0 Å². The number of carbonyl (C=O) groups is 1. The average molecular weight is 429 g/mol. The van der Waals surface area contributed by atoms with Crippen molar-refractivity contribution in [1.29, 1.82) is 0 Å². The molecule has 1 aromatic heterocycles. The normalized spacial score (nSPS) is 23.3. The second-order valence-electron chi connectivity index (χ2n) is 7.84. The molecule has 2 unspecified atom stereocenters. The van der Waals surface area contributed by atoms with E-state index in [1.807, 2.05) is 0 Å². The largest absolute Gasteiger partial charge is 0.319 e. The minimum Gasteiger partial charge on any atom is -0.319 e. The number of rotatable bonds is 5. The molecule has 158 valence electrons. The fourth-order valence-electron chi connectivity index (χ4n) is 3.89. The number of hydrogen-bond donors (Lipinski definition) is 2. The van der Waals surface area contributed by atoms with Gasteiger partial charge in [0.2, 0.25) is 5.92 Å². The van der Waals surface area contributed by atoms with Crippen molar-refractivity contribution in [3.8, 4) is 0 Å². The number of nitrogens with one attached hydrogen (secondary N) is 2. The van der Waals surface area contributed by atoms with E-state index in [1.54, 1.807) is 30.1 Å². The smallest absolute Gasteiger partial charge is 0.258 e. The maximum atomic E-state index is 14.2. The average Bonchev–Trinajstić information content (AvgIpc) is 3.29. The van der Waals surface area contributed by atoms with Crippen LogP contribution in [0.15, 0.2) is 30.6 Å². The molecule has 0 aliphatic heterocycles. The lowest BCUT2D eigenvalue weighted by Crippen LogP contribution is -2.38. The van der Waals surface area contributed by atoms with E-state index in [-0.39, 0.29) is 48.8 Å². The number of benzene rings is 1. The Morgan fingerprint density at radius 1 is 1.28 bits per heavy atom. The van der Waals surface area contributed by atoms with Gasteiger partial charge in [-0.05, 0) is 37.0 Å². The lowest BCUT2D eigenvalue weighted by atomic mass is 9.92. The van der Waals surface area contributed by atoms with Crippen LogP contribution in [0.25, 0.3) is 0 Å². The molecule has 29 heavy (non-hydrogen) atoms. The molecule has 2 aromatic rings. The monoisotopic (exact) mass is 428 g/mol. The fourth-order valence-corrected chi connectivity index (χ4v) is 3.89. The van der Waals surface area contributed by atoms with E-state index >= 15 is 0 Å². The molecule has 0 spiro atoms. The van der Waals surface area contributed by atoms with Crippen molar-refractivity contribution in [3.05, 3.63) is 47.5 Å². The Balaban J connectivity index is 0.00000240. The van der Waals surface area contributed by atoms with Crippen molar-refractivity contribution in [1.82, 2.24) is 15.1 Å². The summed E-state index contributed by atoms with van der Waals surface area (Å²) in [6.07, 6.45) is 4.79. The third-order valence-corrected chi connectivity index (χ3v) is 5.58. The molecule has 5 nitrogen and oxygen atoms in total. The van der Waals surface area contributed by atoms with Crippen molar-refractivity contribution in [2.24, 2.45) is 7.05 Å². The van der Waals surface area contributed by atoms with Crippen LogP contribution in [-0.2, 0) is 7.05 Å². The Morgan fingerprint density at radius 3 is 2.66 bits per heavy atom. The molecule has 1 heterocycles. The first-order valence-corrected chi connectivity index (χ1v) is 9.54. The maximum Gasteiger partial charge on any atom is 0.258 e. The minimum absolute atomic E-state index is 0. The zero-order valence-corrected chi connectivity index (χ0v) is 16.8. The number of amides is 1. The fraction of sp³-hybridized carbons (Fsp3) is 0.500. The quantitative estimate of drug-likeness (QED) is 0.748. The predicted molar refractivity (Wildman–Crippen MR) is 106 cm³/mol. The number of carbonyl (C=O) groups excluding carboxylic acids is 1. The lowest BCUT2D eigenvalue weighted by Gasteiger charge is -2.29. The van der Waals surface area contributed by atoms with Crippen molar-refractivity contribution in [3.63, 3.8) is 0 Å². The number of aryl methyl sites for hydroxylation is 1. The highest BCUT2D eigenvalue weighted by Crippen LogP contribution is 2.43. The van der Waals surface area contributed by atoms with Gasteiger partial charge in [-0.25, -0.2) is 13.2 Å². The summed E-state index contributed by atoms with van der Waals surface area (Å²) in [5.41, 5.74) is 1.37. The molecule has 9 heteroatoms. The van der Waals surface area contributed by atoms with E-state index in [0.717, 1.165) is 12.0 Å². The number of halogens is 4. The summed E-state index contributed by atoms with van der Waals surface area (Å²) >= 11 is 0. The number of anilines is 1. The van der Waals surface area contributed by atoms with Crippen molar-refractivity contribution in [2.45, 2.75) is 56.0 Å². The zero-order chi connectivity index (χ0) is 19.9.